The van der Waals surface area contributed by atoms with Crippen LogP contribution in [0.3, 0.4) is 0 Å². The van der Waals surface area contributed by atoms with Crippen molar-refractivity contribution in [2.45, 2.75) is 37.0 Å². The van der Waals surface area contributed by atoms with E-state index in [0.717, 1.165) is 0 Å². The van der Waals surface area contributed by atoms with E-state index in [9.17, 15) is 17.6 Å². The van der Waals surface area contributed by atoms with E-state index in [1.54, 1.807) is 13.2 Å². The van der Waals surface area contributed by atoms with Crippen molar-refractivity contribution in [3.63, 3.8) is 0 Å². The minimum atomic E-state index is -3.35. The van der Waals surface area contributed by atoms with Crippen molar-refractivity contribution in [3.05, 3.63) is 62.5 Å². The number of rotatable bonds is 7. The standard InChI is InChI=1S/C25H29ClFN5O5S2/c1-31(39(3,34)35)15-9-16-12-37-13-17(10-15)32(16)11-20-21(25(33)36-2)22(18-5-4-14(27)8-19(18)26)30-23(29-20)24-28-6-7-38-24/h4-8,15-17,22H,9-13H2,1-3H3,(H,29,30). The Bertz CT molecular complexity index is 1400. The highest BCUT2D eigenvalue weighted by molar-refractivity contribution is 7.88. The normalized spacial score (nSPS) is 25.8. The number of carbonyl (C=O) groups is 1. The summed E-state index contributed by atoms with van der Waals surface area (Å²) in [6, 6.07) is 2.84. The lowest BCUT2D eigenvalue weighted by Crippen LogP contribution is -2.61. The van der Waals surface area contributed by atoms with Crippen molar-refractivity contribution in [1.29, 1.82) is 0 Å². The number of benzene rings is 1. The lowest BCUT2D eigenvalue weighted by molar-refractivity contribution is -0.136. The van der Waals surface area contributed by atoms with Crippen molar-refractivity contribution in [3.8, 4) is 0 Å². The highest BCUT2D eigenvalue weighted by Gasteiger charge is 2.43. The molecule has 0 spiro atoms. The van der Waals surface area contributed by atoms with E-state index >= 15 is 0 Å². The Labute approximate surface area is 235 Å². The van der Waals surface area contributed by atoms with Crippen molar-refractivity contribution >= 4 is 44.8 Å². The van der Waals surface area contributed by atoms with Gasteiger partial charge in [-0.1, -0.05) is 17.7 Å². The van der Waals surface area contributed by atoms with Crippen LogP contribution in [0.4, 0.5) is 4.39 Å². The van der Waals surface area contributed by atoms with E-state index in [-0.39, 0.29) is 28.7 Å². The van der Waals surface area contributed by atoms with Gasteiger partial charge in [0.15, 0.2) is 10.8 Å². The van der Waals surface area contributed by atoms with Crippen LogP contribution in [0.2, 0.25) is 5.02 Å². The molecule has 2 saturated heterocycles. The molecule has 210 valence electrons. The molecule has 0 amide bonds. The molecule has 14 heteroatoms. The van der Waals surface area contributed by atoms with Crippen LogP contribution in [0, 0.1) is 5.82 Å². The number of piperidine rings is 1. The number of thiazole rings is 1. The summed E-state index contributed by atoms with van der Waals surface area (Å²) >= 11 is 7.84. The minimum Gasteiger partial charge on any atom is -0.466 e. The van der Waals surface area contributed by atoms with Crippen LogP contribution < -0.4 is 5.32 Å². The molecule has 0 aliphatic carbocycles. The van der Waals surface area contributed by atoms with Crippen LogP contribution in [-0.4, -0.2) is 92.7 Å². The first-order valence-electron chi connectivity index (χ1n) is 12.3. The second-order valence-corrected chi connectivity index (χ2v) is 13.2. The number of esters is 1. The van der Waals surface area contributed by atoms with Gasteiger partial charge in [0, 0.05) is 59.6 Å². The Hall–Kier alpha value is -2.42. The van der Waals surface area contributed by atoms with E-state index in [1.165, 1.54) is 47.2 Å². The maximum Gasteiger partial charge on any atom is 0.338 e. The number of methoxy groups -OCH3 is 1. The number of aliphatic imine (C=N–C) groups is 1. The Morgan fingerprint density at radius 3 is 2.64 bits per heavy atom. The van der Waals surface area contributed by atoms with Crippen molar-refractivity contribution < 1.29 is 27.1 Å². The summed E-state index contributed by atoms with van der Waals surface area (Å²) in [6.45, 7) is 1.20. The number of hydrogen-bond acceptors (Lipinski definition) is 10. The molecule has 1 N–H and O–H groups in total. The number of halogens is 2. The Morgan fingerprint density at radius 1 is 1.33 bits per heavy atom. The van der Waals surface area contributed by atoms with Crippen LogP contribution in [0.5, 0.6) is 0 Å². The molecule has 39 heavy (non-hydrogen) atoms. The van der Waals surface area contributed by atoms with Crippen LogP contribution in [0.15, 0.2) is 46.0 Å². The number of nitrogens with one attached hydrogen (secondary N) is 1. The molecule has 5 rings (SSSR count). The zero-order chi connectivity index (χ0) is 27.9. The van der Waals surface area contributed by atoms with Gasteiger partial charge in [0.25, 0.3) is 0 Å². The second-order valence-electron chi connectivity index (χ2n) is 9.81. The molecule has 2 bridgehead atoms. The van der Waals surface area contributed by atoms with Gasteiger partial charge in [0.05, 0.1) is 32.2 Å². The number of nitrogens with zero attached hydrogens (tertiary/aromatic N) is 4. The predicted molar refractivity (Wildman–Crippen MR) is 146 cm³/mol. The van der Waals surface area contributed by atoms with Crippen LogP contribution in [0.1, 0.15) is 29.5 Å². The first-order valence-corrected chi connectivity index (χ1v) is 15.4. The minimum absolute atomic E-state index is 0.0741. The first-order chi connectivity index (χ1) is 18.6. The number of fused-ring (bicyclic) bond motifs is 2. The van der Waals surface area contributed by atoms with Gasteiger partial charge in [0.1, 0.15) is 11.9 Å². The van der Waals surface area contributed by atoms with E-state index in [0.29, 0.717) is 54.7 Å². The third kappa shape index (κ3) is 5.74. The molecule has 1 aromatic carbocycles. The van der Waals surface area contributed by atoms with Gasteiger partial charge < -0.3 is 14.8 Å². The number of hydrogen-bond donors (Lipinski definition) is 1. The average Bonchev–Trinajstić information content (AvgIpc) is 3.42. The maximum absolute atomic E-state index is 13.9. The molecule has 3 aliphatic rings. The maximum atomic E-state index is 13.9. The fourth-order valence-electron chi connectivity index (χ4n) is 5.44. The summed E-state index contributed by atoms with van der Waals surface area (Å²) in [7, 11) is -0.440. The van der Waals surface area contributed by atoms with Crippen molar-refractivity contribution in [2.24, 2.45) is 4.99 Å². The van der Waals surface area contributed by atoms with Gasteiger partial charge in [-0.3, -0.25) is 9.89 Å². The molecule has 3 unspecified atom stereocenters. The summed E-state index contributed by atoms with van der Waals surface area (Å²) in [5.41, 5.74) is 1.29. The summed E-state index contributed by atoms with van der Waals surface area (Å²) < 4.78 is 50.8. The SMILES string of the molecule is COC(=O)C1=C(CN2C3COCC2CC(N(C)S(C)(=O)=O)C3)NC(c2nccs2)=NC1c1ccc(F)cc1Cl. The first kappa shape index (κ1) is 28.1. The number of amidine groups is 1. The van der Waals surface area contributed by atoms with Crippen molar-refractivity contribution in [1.82, 2.24) is 19.5 Å². The van der Waals surface area contributed by atoms with Gasteiger partial charge in [-0.2, -0.15) is 0 Å². The van der Waals surface area contributed by atoms with Crippen molar-refractivity contribution in [2.75, 3.05) is 40.2 Å². The van der Waals surface area contributed by atoms with Gasteiger partial charge in [-0.25, -0.2) is 26.9 Å². The third-order valence-electron chi connectivity index (χ3n) is 7.45. The fourth-order valence-corrected chi connectivity index (χ4v) is 7.01. The van der Waals surface area contributed by atoms with Crippen LogP contribution in [0.25, 0.3) is 0 Å². The summed E-state index contributed by atoms with van der Waals surface area (Å²) in [5.74, 6) is -0.621. The highest BCUT2D eigenvalue weighted by Crippen LogP contribution is 2.38. The number of aromatic nitrogens is 1. The number of ether oxygens (including phenoxy) is 2. The molecule has 2 aromatic rings. The topological polar surface area (TPSA) is 113 Å². The molecule has 4 heterocycles. The molecule has 0 radical (unpaired) electrons. The Morgan fingerprint density at radius 2 is 2.05 bits per heavy atom. The highest BCUT2D eigenvalue weighted by atomic mass is 35.5. The van der Waals surface area contributed by atoms with E-state index in [1.807, 2.05) is 5.38 Å². The average molecular weight is 598 g/mol. The third-order valence-corrected chi connectivity index (χ3v) is 9.90. The summed E-state index contributed by atoms with van der Waals surface area (Å²) in [5, 5.41) is 5.90. The zero-order valence-corrected chi connectivity index (χ0v) is 24.0. The smallest absolute Gasteiger partial charge is 0.338 e. The summed E-state index contributed by atoms with van der Waals surface area (Å²) in [4.78, 5) is 24.6. The van der Waals surface area contributed by atoms with Gasteiger partial charge in [0.2, 0.25) is 10.0 Å². The molecule has 3 aliphatic heterocycles. The molecule has 3 atom stereocenters. The zero-order valence-electron chi connectivity index (χ0n) is 21.6. The largest absolute Gasteiger partial charge is 0.466 e. The fraction of sp³-hybridized carbons (Fsp3) is 0.480. The monoisotopic (exact) mass is 597 g/mol. The lowest BCUT2D eigenvalue weighted by atomic mass is 9.89. The predicted octanol–water partition coefficient (Wildman–Crippen LogP) is 2.58. The quantitative estimate of drug-likeness (QED) is 0.485. The number of carbonyl (C=O) groups excluding carboxylic acids is 1. The van der Waals surface area contributed by atoms with E-state index in [2.05, 4.69) is 15.2 Å². The van der Waals surface area contributed by atoms with E-state index < -0.39 is 27.9 Å². The Balaban J connectivity index is 1.54. The number of sulfonamides is 1. The molecule has 10 nitrogen and oxygen atoms in total. The van der Waals surface area contributed by atoms with Gasteiger partial charge >= 0.3 is 5.97 Å². The van der Waals surface area contributed by atoms with Gasteiger partial charge in [-0.15, -0.1) is 11.3 Å². The number of morpholine rings is 1. The van der Waals surface area contributed by atoms with Crippen LogP contribution >= 0.6 is 22.9 Å². The van der Waals surface area contributed by atoms with E-state index in [4.69, 9.17) is 26.1 Å². The molecule has 2 fully saturated rings. The lowest BCUT2D eigenvalue weighted by Gasteiger charge is -2.50. The molecule has 1 aromatic heterocycles. The molecular formula is C25H29ClFN5O5S2. The Kier molecular flexibility index (Phi) is 8.09. The molecule has 0 saturated carbocycles. The van der Waals surface area contributed by atoms with Crippen LogP contribution in [-0.2, 0) is 24.3 Å². The second kappa shape index (κ2) is 11.2. The molecular weight excluding hydrogens is 569 g/mol. The van der Waals surface area contributed by atoms with Gasteiger partial charge in [-0.05, 0) is 25.0 Å². The summed E-state index contributed by atoms with van der Waals surface area (Å²) in [6.07, 6.45) is 4.04.